The van der Waals surface area contributed by atoms with Gasteiger partial charge in [-0.05, 0) is 45.4 Å². The van der Waals surface area contributed by atoms with E-state index in [9.17, 15) is 9.90 Å². The van der Waals surface area contributed by atoms with Gasteiger partial charge in [0.05, 0.1) is 0 Å². The van der Waals surface area contributed by atoms with Gasteiger partial charge in [0.15, 0.2) is 0 Å². The van der Waals surface area contributed by atoms with Crippen LogP contribution < -0.4 is 4.90 Å². The Hall–Kier alpha value is -1.51. The SMILES string of the molecule is CCN(c1cccc(C)c1)C(C)(C)C(=O)O. The maximum absolute atomic E-state index is 11.2. The lowest BCUT2D eigenvalue weighted by Crippen LogP contribution is -2.50. The molecule has 0 heterocycles. The molecule has 0 aliphatic carbocycles. The van der Waals surface area contributed by atoms with Gasteiger partial charge in [0.2, 0.25) is 0 Å². The minimum Gasteiger partial charge on any atom is -0.480 e. The van der Waals surface area contributed by atoms with E-state index in [1.165, 1.54) is 0 Å². The molecule has 0 atom stereocenters. The summed E-state index contributed by atoms with van der Waals surface area (Å²) in [6.45, 7) is 8.09. The summed E-state index contributed by atoms with van der Waals surface area (Å²) in [5, 5.41) is 9.23. The van der Waals surface area contributed by atoms with Crippen molar-refractivity contribution in [3.8, 4) is 0 Å². The molecule has 1 aromatic rings. The van der Waals surface area contributed by atoms with Crippen molar-refractivity contribution in [1.29, 1.82) is 0 Å². The second-order valence-corrected chi connectivity index (χ2v) is 4.45. The second kappa shape index (κ2) is 4.56. The molecule has 0 aliphatic rings. The van der Waals surface area contributed by atoms with Crippen molar-refractivity contribution in [2.24, 2.45) is 0 Å². The van der Waals surface area contributed by atoms with Crippen LogP contribution in [0.3, 0.4) is 0 Å². The zero-order valence-electron chi connectivity index (χ0n) is 10.3. The molecule has 3 nitrogen and oxygen atoms in total. The fourth-order valence-electron chi connectivity index (χ4n) is 1.81. The van der Waals surface area contributed by atoms with Crippen LogP contribution in [0.2, 0.25) is 0 Å². The molecule has 0 unspecified atom stereocenters. The predicted octanol–water partition coefficient (Wildman–Crippen LogP) is 2.68. The van der Waals surface area contributed by atoms with Crippen LogP contribution in [0.1, 0.15) is 26.3 Å². The number of carbonyl (C=O) groups is 1. The van der Waals surface area contributed by atoms with Crippen molar-refractivity contribution < 1.29 is 9.90 Å². The molecule has 0 amide bonds. The Labute approximate surface area is 96.7 Å². The number of nitrogens with zero attached hydrogens (tertiary/aromatic N) is 1. The van der Waals surface area contributed by atoms with Crippen molar-refractivity contribution in [2.75, 3.05) is 11.4 Å². The van der Waals surface area contributed by atoms with E-state index >= 15 is 0 Å². The highest BCUT2D eigenvalue weighted by atomic mass is 16.4. The Bertz CT molecular complexity index is 385. The van der Waals surface area contributed by atoms with E-state index in [1.54, 1.807) is 13.8 Å². The zero-order valence-corrected chi connectivity index (χ0v) is 10.3. The lowest BCUT2D eigenvalue weighted by Gasteiger charge is -2.36. The van der Waals surface area contributed by atoms with Crippen LogP contribution in [0.15, 0.2) is 24.3 Å². The molecule has 0 spiro atoms. The number of likely N-dealkylation sites (N-methyl/N-ethyl adjacent to an activating group) is 1. The van der Waals surface area contributed by atoms with E-state index in [0.717, 1.165) is 11.3 Å². The third-order valence-corrected chi connectivity index (χ3v) is 2.83. The summed E-state index contributed by atoms with van der Waals surface area (Å²) in [5.74, 6) is -0.809. The average molecular weight is 221 g/mol. The number of carboxylic acid groups (broad SMARTS) is 1. The molecule has 3 heteroatoms. The quantitative estimate of drug-likeness (QED) is 0.849. The molecule has 0 fully saturated rings. The summed E-state index contributed by atoms with van der Waals surface area (Å²) < 4.78 is 0. The lowest BCUT2D eigenvalue weighted by atomic mass is 10.0. The van der Waals surface area contributed by atoms with Gasteiger partial charge in [0.1, 0.15) is 5.54 Å². The number of hydrogen-bond acceptors (Lipinski definition) is 2. The van der Waals surface area contributed by atoms with E-state index in [0.29, 0.717) is 6.54 Å². The van der Waals surface area contributed by atoms with Gasteiger partial charge in [0, 0.05) is 12.2 Å². The van der Waals surface area contributed by atoms with Crippen LogP contribution in [-0.4, -0.2) is 23.2 Å². The van der Waals surface area contributed by atoms with Gasteiger partial charge >= 0.3 is 5.97 Å². The van der Waals surface area contributed by atoms with Crippen molar-refractivity contribution in [1.82, 2.24) is 0 Å². The van der Waals surface area contributed by atoms with Gasteiger partial charge in [0.25, 0.3) is 0 Å². The third-order valence-electron chi connectivity index (χ3n) is 2.83. The molecule has 88 valence electrons. The summed E-state index contributed by atoms with van der Waals surface area (Å²) in [6, 6.07) is 7.91. The number of anilines is 1. The number of carboxylic acids is 1. The molecule has 0 aromatic heterocycles. The molecule has 1 rings (SSSR count). The van der Waals surface area contributed by atoms with Gasteiger partial charge in [-0.25, -0.2) is 4.79 Å². The number of aryl methyl sites for hydroxylation is 1. The largest absolute Gasteiger partial charge is 0.480 e. The van der Waals surface area contributed by atoms with Crippen LogP contribution in [0, 0.1) is 6.92 Å². The summed E-state index contributed by atoms with van der Waals surface area (Å²) in [5.41, 5.74) is 1.20. The first-order valence-electron chi connectivity index (χ1n) is 5.47. The minimum absolute atomic E-state index is 0.669. The second-order valence-electron chi connectivity index (χ2n) is 4.45. The zero-order chi connectivity index (χ0) is 12.3. The maximum Gasteiger partial charge on any atom is 0.328 e. The summed E-state index contributed by atoms with van der Waals surface area (Å²) in [6.07, 6.45) is 0. The van der Waals surface area contributed by atoms with E-state index < -0.39 is 11.5 Å². The number of hydrogen-bond donors (Lipinski definition) is 1. The molecule has 1 aromatic carbocycles. The molecule has 0 saturated heterocycles. The first-order valence-corrected chi connectivity index (χ1v) is 5.47. The fourth-order valence-corrected chi connectivity index (χ4v) is 1.81. The van der Waals surface area contributed by atoms with Crippen LogP contribution in [0.25, 0.3) is 0 Å². The Balaban J connectivity index is 3.12. The first-order chi connectivity index (χ1) is 7.39. The van der Waals surface area contributed by atoms with E-state index in [2.05, 4.69) is 0 Å². The monoisotopic (exact) mass is 221 g/mol. The normalized spacial score (nSPS) is 11.2. The Morgan fingerprint density at radius 2 is 2.06 bits per heavy atom. The molecular weight excluding hydrogens is 202 g/mol. The fraction of sp³-hybridized carbons (Fsp3) is 0.462. The Kier molecular flexibility index (Phi) is 3.58. The molecular formula is C13H19NO2. The van der Waals surface area contributed by atoms with Crippen molar-refractivity contribution in [3.63, 3.8) is 0 Å². The number of benzene rings is 1. The third kappa shape index (κ3) is 2.35. The smallest absolute Gasteiger partial charge is 0.328 e. The van der Waals surface area contributed by atoms with Crippen molar-refractivity contribution in [2.45, 2.75) is 33.2 Å². The molecule has 0 saturated carbocycles. The van der Waals surface area contributed by atoms with Gasteiger partial charge in [-0.15, -0.1) is 0 Å². The standard InChI is InChI=1S/C13H19NO2/c1-5-14(13(3,4)12(15)16)11-8-6-7-10(2)9-11/h6-9H,5H2,1-4H3,(H,15,16). The van der Waals surface area contributed by atoms with E-state index in [1.807, 2.05) is 43.0 Å². The number of aliphatic carboxylic acids is 1. The molecule has 0 radical (unpaired) electrons. The molecule has 1 N–H and O–H groups in total. The van der Waals surface area contributed by atoms with Gasteiger partial charge in [-0.3, -0.25) is 0 Å². The van der Waals surface area contributed by atoms with E-state index in [-0.39, 0.29) is 0 Å². The average Bonchev–Trinajstić information content (AvgIpc) is 2.18. The van der Waals surface area contributed by atoms with Crippen LogP contribution in [0.5, 0.6) is 0 Å². The highest BCUT2D eigenvalue weighted by Gasteiger charge is 2.33. The molecule has 0 bridgehead atoms. The van der Waals surface area contributed by atoms with Crippen molar-refractivity contribution >= 4 is 11.7 Å². The van der Waals surface area contributed by atoms with Gasteiger partial charge in [-0.2, -0.15) is 0 Å². The summed E-state index contributed by atoms with van der Waals surface area (Å²) in [7, 11) is 0. The highest BCUT2D eigenvalue weighted by Crippen LogP contribution is 2.24. The minimum atomic E-state index is -0.886. The maximum atomic E-state index is 11.2. The van der Waals surface area contributed by atoms with Crippen LogP contribution in [0.4, 0.5) is 5.69 Å². The predicted molar refractivity (Wildman–Crippen MR) is 65.9 cm³/mol. The van der Waals surface area contributed by atoms with E-state index in [4.69, 9.17) is 0 Å². The van der Waals surface area contributed by atoms with Crippen LogP contribution >= 0.6 is 0 Å². The van der Waals surface area contributed by atoms with Crippen molar-refractivity contribution in [3.05, 3.63) is 29.8 Å². The van der Waals surface area contributed by atoms with Crippen LogP contribution in [-0.2, 0) is 4.79 Å². The Morgan fingerprint density at radius 3 is 2.50 bits per heavy atom. The first kappa shape index (κ1) is 12.6. The topological polar surface area (TPSA) is 40.5 Å². The molecule has 16 heavy (non-hydrogen) atoms. The molecule has 0 aliphatic heterocycles. The highest BCUT2D eigenvalue weighted by molar-refractivity contribution is 5.82. The van der Waals surface area contributed by atoms with Gasteiger partial charge in [-0.1, -0.05) is 12.1 Å². The lowest BCUT2D eigenvalue weighted by molar-refractivity contribution is -0.142. The Morgan fingerprint density at radius 1 is 1.44 bits per heavy atom. The summed E-state index contributed by atoms with van der Waals surface area (Å²) >= 11 is 0. The summed E-state index contributed by atoms with van der Waals surface area (Å²) in [4.78, 5) is 13.1. The van der Waals surface area contributed by atoms with Gasteiger partial charge < -0.3 is 10.0 Å². The number of rotatable bonds is 4.